The molecule has 0 aliphatic carbocycles. The molecule has 0 saturated carbocycles. The summed E-state index contributed by atoms with van der Waals surface area (Å²) in [6.45, 7) is 3.86. The molecule has 0 amide bonds. The van der Waals surface area contributed by atoms with Crippen molar-refractivity contribution in [2.75, 3.05) is 38.3 Å². The van der Waals surface area contributed by atoms with E-state index in [0.29, 0.717) is 11.7 Å². The second-order valence-electron chi connectivity index (χ2n) is 6.62. The number of nitrogens with zero attached hydrogens (tertiary/aromatic N) is 3. The summed E-state index contributed by atoms with van der Waals surface area (Å²) in [4.78, 5) is 11.8. The fraction of sp³-hybridized carbons (Fsp3) is 0.273. The summed E-state index contributed by atoms with van der Waals surface area (Å²) in [5.41, 5.74) is 2.81. The third-order valence-corrected chi connectivity index (χ3v) is 6.00. The fourth-order valence-corrected chi connectivity index (χ4v) is 3.81. The molecule has 2 aromatic carbocycles. The van der Waals surface area contributed by atoms with Crippen molar-refractivity contribution in [3.05, 3.63) is 60.9 Å². The number of hydrogen-bond acceptors (Lipinski definition) is 6. The van der Waals surface area contributed by atoms with E-state index >= 15 is 0 Å². The monoisotopic (exact) mass is 410 g/mol. The molecule has 0 spiro atoms. The van der Waals surface area contributed by atoms with Gasteiger partial charge in [0.25, 0.3) is 0 Å². The zero-order valence-electron chi connectivity index (χ0n) is 17.0. The molecule has 7 heteroatoms. The molecule has 152 valence electrons. The largest absolute Gasteiger partial charge is 0.611 e. The Balaban J connectivity index is 1.59. The van der Waals surface area contributed by atoms with Gasteiger partial charge >= 0.3 is 0 Å². The molecule has 3 aromatic rings. The lowest BCUT2D eigenvalue weighted by Gasteiger charge is -2.16. The highest BCUT2D eigenvalue weighted by Gasteiger charge is 2.12. The van der Waals surface area contributed by atoms with Crippen LogP contribution in [-0.2, 0) is 11.2 Å². The minimum atomic E-state index is -0.997. The maximum atomic E-state index is 12.4. The van der Waals surface area contributed by atoms with Crippen LogP contribution in [0.25, 0.3) is 11.1 Å². The normalized spacial score (nSPS) is 12.0. The van der Waals surface area contributed by atoms with Gasteiger partial charge in [0.2, 0.25) is 5.95 Å². The summed E-state index contributed by atoms with van der Waals surface area (Å²) in [6.07, 6.45) is 3.57. The van der Waals surface area contributed by atoms with Gasteiger partial charge in [-0.1, -0.05) is 19.1 Å². The Bertz CT molecular complexity index is 886. The summed E-state index contributed by atoms with van der Waals surface area (Å²) in [6, 6.07) is 15.3. The maximum absolute atomic E-state index is 12.4. The molecule has 6 nitrogen and oxygen atoms in total. The molecule has 0 fully saturated rings. The van der Waals surface area contributed by atoms with Crippen molar-refractivity contribution < 1.29 is 9.29 Å². The molecule has 0 radical (unpaired) electrons. The molecule has 1 N–H and O–H groups in total. The zero-order valence-corrected chi connectivity index (χ0v) is 17.8. The maximum Gasteiger partial charge on any atom is 0.227 e. The SMILES string of the molecule is CCN(C)CC[S+]([O-])c1ccc(Nc2ncc(-c3ccc(OC)cc3)cn2)cc1. The van der Waals surface area contributed by atoms with Crippen molar-refractivity contribution in [3.63, 3.8) is 0 Å². The Hall–Kier alpha value is -2.61. The first kappa shape index (κ1) is 21.1. The standard InChI is InChI=1S/C22H26N4O2S/c1-4-26(2)13-14-29(27)21-11-7-19(8-12-21)25-22-23-15-18(16-24-22)17-5-9-20(28-3)10-6-17/h5-12,15-16H,4,13-14H2,1-3H3,(H,23,24,25). The first-order valence-electron chi connectivity index (χ1n) is 9.49. The van der Waals surface area contributed by atoms with E-state index < -0.39 is 11.2 Å². The van der Waals surface area contributed by atoms with Gasteiger partial charge in [-0.3, -0.25) is 0 Å². The molecule has 1 heterocycles. The molecule has 0 aliphatic heterocycles. The molecule has 0 bridgehead atoms. The predicted octanol–water partition coefficient (Wildman–Crippen LogP) is 3.96. The molecule has 1 atom stereocenters. The molecule has 0 saturated heterocycles. The second-order valence-corrected chi connectivity index (χ2v) is 8.19. The average Bonchev–Trinajstić information content (AvgIpc) is 2.78. The smallest absolute Gasteiger partial charge is 0.227 e. The van der Waals surface area contributed by atoms with E-state index in [0.717, 1.165) is 40.5 Å². The zero-order chi connectivity index (χ0) is 20.6. The van der Waals surface area contributed by atoms with Crippen molar-refractivity contribution in [3.8, 4) is 16.9 Å². The Morgan fingerprint density at radius 1 is 1.00 bits per heavy atom. The molecule has 1 aromatic heterocycles. The lowest BCUT2D eigenvalue weighted by Crippen LogP contribution is -2.25. The van der Waals surface area contributed by atoms with Crippen LogP contribution in [0.1, 0.15) is 6.92 Å². The summed E-state index contributed by atoms with van der Waals surface area (Å²) in [5.74, 6) is 1.96. The van der Waals surface area contributed by atoms with Crippen LogP contribution in [0.15, 0.2) is 65.8 Å². The predicted molar refractivity (Wildman–Crippen MR) is 118 cm³/mol. The average molecular weight is 411 g/mol. The van der Waals surface area contributed by atoms with Gasteiger partial charge in [-0.15, -0.1) is 0 Å². The Morgan fingerprint density at radius 3 is 2.24 bits per heavy atom. The van der Waals surface area contributed by atoms with Crippen LogP contribution in [0.4, 0.5) is 11.6 Å². The lowest BCUT2D eigenvalue weighted by molar-refractivity contribution is 0.373. The van der Waals surface area contributed by atoms with E-state index in [2.05, 4.69) is 27.1 Å². The molecule has 3 rings (SSSR count). The van der Waals surface area contributed by atoms with Gasteiger partial charge in [0.15, 0.2) is 4.90 Å². The van der Waals surface area contributed by atoms with Crippen LogP contribution in [0.2, 0.25) is 0 Å². The Morgan fingerprint density at radius 2 is 1.66 bits per heavy atom. The first-order valence-corrected chi connectivity index (χ1v) is 10.8. The number of ether oxygens (including phenoxy) is 1. The van der Waals surface area contributed by atoms with E-state index in [4.69, 9.17) is 4.74 Å². The minimum Gasteiger partial charge on any atom is -0.611 e. The van der Waals surface area contributed by atoms with Gasteiger partial charge in [-0.2, -0.15) is 0 Å². The quantitative estimate of drug-likeness (QED) is 0.539. The number of benzene rings is 2. The van der Waals surface area contributed by atoms with Crippen molar-refractivity contribution in [1.29, 1.82) is 0 Å². The number of nitrogens with one attached hydrogen (secondary N) is 1. The topological polar surface area (TPSA) is 73.3 Å². The first-order chi connectivity index (χ1) is 14.1. The lowest BCUT2D eigenvalue weighted by atomic mass is 10.1. The van der Waals surface area contributed by atoms with Gasteiger partial charge < -0.3 is 19.5 Å². The van der Waals surface area contributed by atoms with E-state index in [9.17, 15) is 4.55 Å². The minimum absolute atomic E-state index is 0.515. The molecule has 1 unspecified atom stereocenters. The third-order valence-electron chi connectivity index (χ3n) is 4.65. The van der Waals surface area contributed by atoms with E-state index in [-0.39, 0.29) is 0 Å². The number of anilines is 2. The summed E-state index contributed by atoms with van der Waals surface area (Å²) >= 11 is -0.997. The van der Waals surface area contributed by atoms with E-state index in [1.54, 1.807) is 19.5 Å². The van der Waals surface area contributed by atoms with Crippen LogP contribution in [0.3, 0.4) is 0 Å². The summed E-state index contributed by atoms with van der Waals surface area (Å²) in [7, 11) is 3.68. The summed E-state index contributed by atoms with van der Waals surface area (Å²) in [5, 5.41) is 3.18. The van der Waals surface area contributed by atoms with E-state index in [1.807, 2.05) is 55.6 Å². The highest BCUT2D eigenvalue weighted by atomic mass is 32.2. The van der Waals surface area contributed by atoms with Crippen LogP contribution < -0.4 is 10.1 Å². The molecular weight excluding hydrogens is 384 g/mol. The third kappa shape index (κ3) is 5.93. The summed E-state index contributed by atoms with van der Waals surface area (Å²) < 4.78 is 17.6. The van der Waals surface area contributed by atoms with Gasteiger partial charge in [0.1, 0.15) is 11.5 Å². The molecule has 0 aliphatic rings. The van der Waals surface area contributed by atoms with Gasteiger partial charge in [-0.25, -0.2) is 9.97 Å². The van der Waals surface area contributed by atoms with Crippen LogP contribution >= 0.6 is 0 Å². The van der Waals surface area contributed by atoms with Crippen molar-refractivity contribution >= 4 is 22.8 Å². The Labute approximate surface area is 175 Å². The van der Waals surface area contributed by atoms with Crippen molar-refractivity contribution in [2.45, 2.75) is 11.8 Å². The van der Waals surface area contributed by atoms with Crippen molar-refractivity contribution in [2.24, 2.45) is 0 Å². The van der Waals surface area contributed by atoms with Gasteiger partial charge in [0, 0.05) is 30.2 Å². The highest BCUT2D eigenvalue weighted by molar-refractivity contribution is 7.91. The van der Waals surface area contributed by atoms with E-state index in [1.165, 1.54) is 0 Å². The van der Waals surface area contributed by atoms with Crippen LogP contribution in [0, 0.1) is 0 Å². The fourth-order valence-electron chi connectivity index (χ4n) is 2.66. The van der Waals surface area contributed by atoms with Crippen LogP contribution in [-0.4, -0.2) is 52.4 Å². The Kier molecular flexibility index (Phi) is 7.46. The van der Waals surface area contributed by atoms with Gasteiger partial charge in [0.05, 0.1) is 7.11 Å². The number of aromatic nitrogens is 2. The molecule has 29 heavy (non-hydrogen) atoms. The number of methoxy groups -OCH3 is 1. The number of hydrogen-bond donors (Lipinski definition) is 1. The number of rotatable bonds is 9. The van der Waals surface area contributed by atoms with Crippen molar-refractivity contribution in [1.82, 2.24) is 14.9 Å². The van der Waals surface area contributed by atoms with Crippen LogP contribution in [0.5, 0.6) is 5.75 Å². The highest BCUT2D eigenvalue weighted by Crippen LogP contribution is 2.22. The molecular formula is C22H26N4O2S. The van der Waals surface area contributed by atoms with Gasteiger partial charge in [-0.05, 0) is 66.7 Å². The second kappa shape index (κ2) is 10.2.